The van der Waals surface area contributed by atoms with E-state index in [1.165, 1.54) is 113 Å². The standard InChI is InChI=1S/C34H42N4S5/c1-5-9-15-37(16-10-6-2)31-21-29-27(41-31)19-25(39-29)23-13-14-24(34-33(23)35-43-36-34)26-20-28-30(40-26)22-32(42-28)38(17-11-7-3)18-12-8-4/h13-14,19-22H,5-12,15-18H2,1-4H3. The largest absolute Gasteiger partial charge is 0.363 e. The Hall–Kier alpha value is -2.04. The second-order valence-corrected chi connectivity index (χ2v) is 16.2. The van der Waals surface area contributed by atoms with Gasteiger partial charge in [0.25, 0.3) is 0 Å². The number of hydrogen-bond donors (Lipinski definition) is 0. The minimum Gasteiger partial charge on any atom is -0.363 e. The number of fused-ring (bicyclic) bond motifs is 3. The van der Waals surface area contributed by atoms with E-state index < -0.39 is 0 Å². The molecule has 0 bridgehead atoms. The molecule has 0 aliphatic heterocycles. The van der Waals surface area contributed by atoms with E-state index in [0.29, 0.717) is 0 Å². The lowest BCUT2D eigenvalue weighted by molar-refractivity contribution is 0.682. The van der Waals surface area contributed by atoms with Gasteiger partial charge in [0, 0.05) is 65.9 Å². The Morgan fingerprint density at radius 2 is 0.884 bits per heavy atom. The molecule has 0 N–H and O–H groups in total. The van der Waals surface area contributed by atoms with E-state index in [1.807, 2.05) is 45.3 Å². The van der Waals surface area contributed by atoms with Gasteiger partial charge in [-0.3, -0.25) is 0 Å². The molecule has 0 spiro atoms. The van der Waals surface area contributed by atoms with Crippen LogP contribution in [-0.4, -0.2) is 34.9 Å². The molecule has 0 saturated carbocycles. The van der Waals surface area contributed by atoms with Crippen LogP contribution in [0.5, 0.6) is 0 Å². The van der Waals surface area contributed by atoms with Crippen molar-refractivity contribution in [3.63, 3.8) is 0 Å². The van der Waals surface area contributed by atoms with Gasteiger partial charge >= 0.3 is 0 Å². The quantitative estimate of drug-likeness (QED) is 0.103. The topological polar surface area (TPSA) is 32.3 Å². The van der Waals surface area contributed by atoms with Crippen LogP contribution in [0.15, 0.2) is 36.4 Å². The first-order valence-electron chi connectivity index (χ1n) is 16.0. The van der Waals surface area contributed by atoms with Gasteiger partial charge in [-0.25, -0.2) is 0 Å². The van der Waals surface area contributed by atoms with Crippen molar-refractivity contribution in [2.75, 3.05) is 36.0 Å². The van der Waals surface area contributed by atoms with Gasteiger partial charge in [0.05, 0.1) is 21.7 Å². The summed E-state index contributed by atoms with van der Waals surface area (Å²) in [7, 11) is 0. The molecule has 0 unspecified atom stereocenters. The molecule has 6 rings (SSSR count). The summed E-state index contributed by atoms with van der Waals surface area (Å²) < 4.78 is 15.2. The van der Waals surface area contributed by atoms with Gasteiger partial charge in [-0.1, -0.05) is 65.5 Å². The number of nitrogens with zero attached hydrogens (tertiary/aromatic N) is 4. The maximum atomic E-state index is 4.82. The Kier molecular flexibility index (Phi) is 10.4. The highest BCUT2D eigenvalue weighted by Crippen LogP contribution is 2.46. The van der Waals surface area contributed by atoms with E-state index in [9.17, 15) is 0 Å². The van der Waals surface area contributed by atoms with Crippen molar-refractivity contribution in [3.05, 3.63) is 36.4 Å². The summed E-state index contributed by atoms with van der Waals surface area (Å²) >= 11 is 9.02. The summed E-state index contributed by atoms with van der Waals surface area (Å²) in [5.41, 5.74) is 4.48. The van der Waals surface area contributed by atoms with Crippen LogP contribution >= 0.6 is 57.1 Å². The Bertz CT molecular complexity index is 1560. The Morgan fingerprint density at radius 3 is 1.23 bits per heavy atom. The third-order valence-electron chi connectivity index (χ3n) is 8.08. The maximum Gasteiger partial charge on any atom is 0.114 e. The maximum absolute atomic E-state index is 4.82. The fraction of sp³-hybridized carbons (Fsp3) is 0.471. The minimum atomic E-state index is 1.03. The van der Waals surface area contributed by atoms with E-state index >= 15 is 0 Å². The van der Waals surface area contributed by atoms with E-state index in [2.05, 4.69) is 73.9 Å². The molecule has 0 aliphatic rings. The zero-order valence-corrected chi connectivity index (χ0v) is 29.9. The Morgan fingerprint density at radius 1 is 0.512 bits per heavy atom. The average Bonchev–Trinajstić information content (AvgIpc) is 3.83. The average molecular weight is 667 g/mol. The fourth-order valence-electron chi connectivity index (χ4n) is 5.55. The Balaban J connectivity index is 1.27. The van der Waals surface area contributed by atoms with Gasteiger partial charge in [0.2, 0.25) is 0 Å². The minimum absolute atomic E-state index is 1.03. The first-order valence-corrected chi connectivity index (χ1v) is 20.0. The molecule has 0 aliphatic carbocycles. The van der Waals surface area contributed by atoms with Crippen molar-refractivity contribution in [1.29, 1.82) is 0 Å². The second-order valence-electron chi connectivity index (χ2n) is 11.4. The molecule has 228 valence electrons. The number of hydrogen-bond acceptors (Lipinski definition) is 9. The van der Waals surface area contributed by atoms with Crippen LogP contribution in [0.3, 0.4) is 0 Å². The molecule has 5 aromatic heterocycles. The molecular formula is C34H42N4S5. The highest BCUT2D eigenvalue weighted by molar-refractivity contribution is 7.32. The second kappa shape index (κ2) is 14.4. The number of rotatable bonds is 16. The molecule has 0 fully saturated rings. The normalized spacial score (nSPS) is 11.9. The molecule has 9 heteroatoms. The lowest BCUT2D eigenvalue weighted by Crippen LogP contribution is -2.24. The zero-order chi connectivity index (χ0) is 29.8. The van der Waals surface area contributed by atoms with Crippen LogP contribution in [0, 0.1) is 0 Å². The van der Waals surface area contributed by atoms with Gasteiger partial charge in [-0.2, -0.15) is 8.75 Å². The molecule has 1 aromatic carbocycles. The first kappa shape index (κ1) is 31.0. The van der Waals surface area contributed by atoms with Gasteiger partial charge in [0.15, 0.2) is 0 Å². The molecule has 0 amide bonds. The number of thiophene rings is 4. The van der Waals surface area contributed by atoms with Gasteiger partial charge < -0.3 is 9.80 Å². The summed E-state index contributed by atoms with van der Waals surface area (Å²) in [5, 5.41) is 2.84. The van der Waals surface area contributed by atoms with Crippen molar-refractivity contribution in [2.45, 2.75) is 79.1 Å². The summed E-state index contributed by atoms with van der Waals surface area (Å²) in [4.78, 5) is 7.79. The molecular weight excluding hydrogens is 625 g/mol. The van der Waals surface area contributed by atoms with Crippen molar-refractivity contribution in [2.24, 2.45) is 0 Å². The highest BCUT2D eigenvalue weighted by atomic mass is 32.1. The predicted octanol–water partition coefficient (Wildman–Crippen LogP) is 12.4. The SMILES string of the molecule is CCCCN(CCCC)c1cc2sc(-c3ccc(-c4cc5sc(N(CCCC)CCCC)cc5s4)c4nsnc34)cc2s1. The monoisotopic (exact) mass is 666 g/mol. The number of anilines is 2. The van der Waals surface area contributed by atoms with Crippen LogP contribution < -0.4 is 9.80 Å². The number of aromatic nitrogens is 2. The van der Waals surface area contributed by atoms with Gasteiger partial charge in [0.1, 0.15) is 11.0 Å². The van der Waals surface area contributed by atoms with E-state index in [1.54, 1.807) is 0 Å². The highest BCUT2D eigenvalue weighted by Gasteiger charge is 2.20. The van der Waals surface area contributed by atoms with E-state index in [-0.39, 0.29) is 0 Å². The smallest absolute Gasteiger partial charge is 0.114 e. The molecule has 4 nitrogen and oxygen atoms in total. The van der Waals surface area contributed by atoms with Gasteiger partial charge in [-0.05, 0) is 49.9 Å². The third-order valence-corrected chi connectivity index (χ3v) is 13.4. The number of unbranched alkanes of at least 4 members (excludes halogenated alkanes) is 4. The lowest BCUT2D eigenvalue weighted by Gasteiger charge is -2.22. The predicted molar refractivity (Wildman–Crippen MR) is 199 cm³/mol. The molecule has 6 aromatic rings. The van der Waals surface area contributed by atoms with E-state index in [0.717, 1.165) is 37.2 Å². The third kappa shape index (κ3) is 6.66. The fourth-order valence-corrected chi connectivity index (χ4v) is 11.1. The van der Waals surface area contributed by atoms with Crippen LogP contribution in [0.25, 0.3) is 50.7 Å². The molecule has 0 saturated heterocycles. The van der Waals surface area contributed by atoms with Crippen LogP contribution in [-0.2, 0) is 0 Å². The zero-order valence-electron chi connectivity index (χ0n) is 25.8. The molecule has 0 atom stereocenters. The van der Waals surface area contributed by atoms with Crippen LogP contribution in [0.4, 0.5) is 10.0 Å². The lowest BCUT2D eigenvalue weighted by atomic mass is 10.1. The Labute approximate surface area is 276 Å². The summed E-state index contributed by atoms with van der Waals surface area (Å²) in [6, 6.07) is 14.2. The summed E-state index contributed by atoms with van der Waals surface area (Å²) in [5.74, 6) is 0. The van der Waals surface area contributed by atoms with Crippen LogP contribution in [0.1, 0.15) is 79.1 Å². The number of benzene rings is 1. The van der Waals surface area contributed by atoms with Crippen molar-refractivity contribution in [3.8, 4) is 20.9 Å². The van der Waals surface area contributed by atoms with Crippen molar-refractivity contribution in [1.82, 2.24) is 8.75 Å². The van der Waals surface area contributed by atoms with E-state index in [4.69, 9.17) is 8.75 Å². The molecule has 5 heterocycles. The molecule has 0 radical (unpaired) electrons. The summed E-state index contributed by atoms with van der Waals surface area (Å²) in [6.45, 7) is 13.7. The summed E-state index contributed by atoms with van der Waals surface area (Å²) in [6.07, 6.45) is 9.96. The first-order chi connectivity index (χ1) is 21.1. The van der Waals surface area contributed by atoms with Gasteiger partial charge in [-0.15, -0.1) is 45.3 Å². The van der Waals surface area contributed by atoms with Crippen molar-refractivity contribution < 1.29 is 0 Å². The molecule has 43 heavy (non-hydrogen) atoms. The van der Waals surface area contributed by atoms with Crippen LogP contribution in [0.2, 0.25) is 0 Å². The van der Waals surface area contributed by atoms with Crippen molar-refractivity contribution >= 4 is 96.9 Å².